The molecule has 2 rings (SSSR count). The molecule has 3 nitrogen and oxygen atoms in total. The van der Waals surface area contributed by atoms with Gasteiger partial charge in [0, 0.05) is 11.2 Å². The number of nitrogens with zero attached hydrogens (tertiary/aromatic N) is 1. The summed E-state index contributed by atoms with van der Waals surface area (Å²) in [4.78, 5) is 0.125. The monoisotopic (exact) mass is 293 g/mol. The van der Waals surface area contributed by atoms with Crippen molar-refractivity contribution in [2.45, 2.75) is 11.8 Å². The lowest BCUT2D eigenvalue weighted by atomic mass is 10.2. The van der Waals surface area contributed by atoms with Crippen molar-refractivity contribution in [3.8, 4) is 0 Å². The fraction of sp³-hybridized carbons (Fsp3) is 0.0714. The van der Waals surface area contributed by atoms with Gasteiger partial charge in [0.15, 0.2) is 0 Å². The van der Waals surface area contributed by atoms with Crippen LogP contribution in [0.3, 0.4) is 0 Å². The Kier molecular flexibility index (Phi) is 4.02. The normalized spacial score (nSPS) is 11.9. The molecule has 0 unspecified atom stereocenters. The molecule has 0 aliphatic carbocycles. The second-order valence-electron chi connectivity index (χ2n) is 4.07. The summed E-state index contributed by atoms with van der Waals surface area (Å²) in [5.41, 5.74) is 1.85. The maximum Gasteiger partial charge on any atom is 0.282 e. The third-order valence-corrected chi connectivity index (χ3v) is 4.03. The summed E-state index contributed by atoms with van der Waals surface area (Å²) in [5, 5.41) is 0.487. The number of benzene rings is 2. The predicted octanol–water partition coefficient (Wildman–Crippen LogP) is 3.46. The summed E-state index contributed by atoms with van der Waals surface area (Å²) in [6.45, 7) is 1.96. The van der Waals surface area contributed by atoms with Crippen LogP contribution in [0.25, 0.3) is 0 Å². The first-order chi connectivity index (χ1) is 8.97. The van der Waals surface area contributed by atoms with Gasteiger partial charge in [0.2, 0.25) is 0 Å². The maximum absolute atomic E-state index is 11.9. The van der Waals surface area contributed by atoms with E-state index in [2.05, 4.69) is 4.40 Å². The van der Waals surface area contributed by atoms with Gasteiger partial charge in [-0.3, -0.25) is 0 Å². The van der Waals surface area contributed by atoms with E-state index in [1.165, 1.54) is 30.5 Å². The lowest BCUT2D eigenvalue weighted by molar-refractivity contribution is 0.598. The molecular formula is C14H12ClNO2S. The van der Waals surface area contributed by atoms with E-state index >= 15 is 0 Å². The smallest absolute Gasteiger partial charge is 0.199 e. The van der Waals surface area contributed by atoms with E-state index in [9.17, 15) is 8.42 Å². The van der Waals surface area contributed by atoms with Gasteiger partial charge in [-0.25, -0.2) is 0 Å². The quantitative estimate of drug-likeness (QED) is 0.814. The van der Waals surface area contributed by atoms with Gasteiger partial charge in [0.05, 0.1) is 4.90 Å². The third kappa shape index (κ3) is 3.66. The maximum atomic E-state index is 11.9. The largest absolute Gasteiger partial charge is 0.282 e. The minimum absolute atomic E-state index is 0.125. The molecule has 0 fully saturated rings. The molecule has 0 saturated carbocycles. The van der Waals surface area contributed by atoms with Crippen molar-refractivity contribution in [3.05, 3.63) is 64.7 Å². The molecule has 0 bridgehead atoms. The number of hydrogen-bond acceptors (Lipinski definition) is 2. The van der Waals surface area contributed by atoms with Crippen molar-refractivity contribution in [1.82, 2.24) is 0 Å². The second-order valence-corrected chi connectivity index (χ2v) is 6.14. The zero-order valence-corrected chi connectivity index (χ0v) is 11.8. The van der Waals surface area contributed by atoms with Crippen LogP contribution >= 0.6 is 11.6 Å². The molecule has 19 heavy (non-hydrogen) atoms. The topological polar surface area (TPSA) is 46.5 Å². The van der Waals surface area contributed by atoms with Gasteiger partial charge in [-0.1, -0.05) is 41.4 Å². The van der Waals surface area contributed by atoms with E-state index in [4.69, 9.17) is 11.6 Å². The molecule has 0 aromatic heterocycles. The molecule has 0 amide bonds. The summed E-state index contributed by atoms with van der Waals surface area (Å²) >= 11 is 5.72. The van der Waals surface area contributed by atoms with Crippen molar-refractivity contribution < 1.29 is 8.42 Å². The molecule has 2 aromatic carbocycles. The second kappa shape index (κ2) is 5.55. The van der Waals surface area contributed by atoms with Crippen molar-refractivity contribution in [3.63, 3.8) is 0 Å². The lowest BCUT2D eigenvalue weighted by Crippen LogP contribution is -1.97. The standard InChI is InChI=1S/C14H12ClNO2S/c1-11-2-4-12(5-3-11)10-16-19(17,18)14-8-6-13(15)7-9-14/h2-10H,1H3/b16-10+. The zero-order chi connectivity index (χ0) is 13.9. The van der Waals surface area contributed by atoms with Crippen LogP contribution in [0.2, 0.25) is 5.02 Å². The van der Waals surface area contributed by atoms with Crippen LogP contribution in [-0.4, -0.2) is 14.6 Å². The molecular weight excluding hydrogens is 282 g/mol. The minimum atomic E-state index is -3.67. The van der Waals surface area contributed by atoms with Crippen molar-refractivity contribution in [2.75, 3.05) is 0 Å². The Morgan fingerprint density at radius 1 is 1.00 bits per heavy atom. The molecule has 0 heterocycles. The molecule has 0 atom stereocenters. The Morgan fingerprint density at radius 2 is 1.58 bits per heavy atom. The minimum Gasteiger partial charge on any atom is -0.199 e. The lowest BCUT2D eigenvalue weighted by Gasteiger charge is -1.99. The highest BCUT2D eigenvalue weighted by molar-refractivity contribution is 7.90. The average Bonchev–Trinajstić information content (AvgIpc) is 2.39. The van der Waals surface area contributed by atoms with Gasteiger partial charge >= 0.3 is 0 Å². The fourth-order valence-corrected chi connectivity index (χ4v) is 2.44. The van der Waals surface area contributed by atoms with Gasteiger partial charge in [-0.2, -0.15) is 12.8 Å². The van der Waals surface area contributed by atoms with Gasteiger partial charge in [0.1, 0.15) is 0 Å². The Balaban J connectivity index is 2.26. The van der Waals surface area contributed by atoms with Crippen LogP contribution in [0.4, 0.5) is 0 Å². The third-order valence-electron chi connectivity index (χ3n) is 2.53. The summed E-state index contributed by atoms with van der Waals surface area (Å²) in [7, 11) is -3.67. The van der Waals surface area contributed by atoms with Crippen LogP contribution in [0.1, 0.15) is 11.1 Å². The van der Waals surface area contributed by atoms with E-state index in [0.29, 0.717) is 5.02 Å². The van der Waals surface area contributed by atoms with E-state index < -0.39 is 10.0 Å². The number of aryl methyl sites for hydroxylation is 1. The molecule has 98 valence electrons. The van der Waals surface area contributed by atoms with Gasteiger partial charge < -0.3 is 0 Å². The first-order valence-corrected chi connectivity index (χ1v) is 7.42. The van der Waals surface area contributed by atoms with Gasteiger partial charge in [-0.15, -0.1) is 0 Å². The highest BCUT2D eigenvalue weighted by Crippen LogP contribution is 2.16. The molecule has 2 aromatic rings. The van der Waals surface area contributed by atoms with Crippen molar-refractivity contribution in [2.24, 2.45) is 4.40 Å². The van der Waals surface area contributed by atoms with Gasteiger partial charge in [-0.05, 0) is 36.8 Å². The summed E-state index contributed by atoms with van der Waals surface area (Å²) in [6, 6.07) is 13.3. The number of hydrogen-bond donors (Lipinski definition) is 0. The first kappa shape index (κ1) is 13.8. The molecule has 5 heteroatoms. The molecule has 0 radical (unpaired) electrons. The Hall–Kier alpha value is -1.65. The van der Waals surface area contributed by atoms with Crippen LogP contribution in [0, 0.1) is 6.92 Å². The Bertz CT molecular complexity index is 689. The van der Waals surface area contributed by atoms with E-state index in [0.717, 1.165) is 11.1 Å². The van der Waals surface area contributed by atoms with Crippen LogP contribution in [0.5, 0.6) is 0 Å². The molecule has 0 N–H and O–H groups in total. The SMILES string of the molecule is Cc1ccc(/C=N/S(=O)(=O)c2ccc(Cl)cc2)cc1. The van der Waals surface area contributed by atoms with E-state index in [-0.39, 0.29) is 4.90 Å². The highest BCUT2D eigenvalue weighted by atomic mass is 35.5. The molecule has 0 aliphatic rings. The van der Waals surface area contributed by atoms with Crippen molar-refractivity contribution >= 4 is 27.8 Å². The summed E-state index contributed by atoms with van der Waals surface area (Å²) < 4.78 is 27.5. The number of halogens is 1. The van der Waals surface area contributed by atoms with E-state index in [1.54, 1.807) is 0 Å². The van der Waals surface area contributed by atoms with Crippen LogP contribution in [0.15, 0.2) is 57.8 Å². The highest BCUT2D eigenvalue weighted by Gasteiger charge is 2.10. The molecule has 0 saturated heterocycles. The number of sulfonamides is 1. The summed E-state index contributed by atoms with van der Waals surface area (Å²) in [5.74, 6) is 0. The van der Waals surface area contributed by atoms with Crippen molar-refractivity contribution in [1.29, 1.82) is 0 Å². The molecule has 0 spiro atoms. The Morgan fingerprint density at radius 3 is 2.16 bits per heavy atom. The van der Waals surface area contributed by atoms with Crippen LogP contribution < -0.4 is 0 Å². The first-order valence-electron chi connectivity index (χ1n) is 5.60. The Labute approximate surface area is 117 Å². The predicted molar refractivity (Wildman–Crippen MR) is 77.4 cm³/mol. The fourth-order valence-electron chi connectivity index (χ4n) is 1.45. The van der Waals surface area contributed by atoms with E-state index in [1.807, 2.05) is 31.2 Å². The zero-order valence-electron chi connectivity index (χ0n) is 10.2. The van der Waals surface area contributed by atoms with Gasteiger partial charge in [0.25, 0.3) is 10.0 Å². The number of rotatable bonds is 3. The van der Waals surface area contributed by atoms with Crippen LogP contribution in [-0.2, 0) is 10.0 Å². The summed E-state index contributed by atoms with van der Waals surface area (Å²) in [6.07, 6.45) is 1.34. The molecule has 0 aliphatic heterocycles. The average molecular weight is 294 g/mol.